The normalized spacial score (nSPS) is 29.6. The molecule has 1 amide bonds. The van der Waals surface area contributed by atoms with Gasteiger partial charge in [-0.3, -0.25) is 9.48 Å². The van der Waals surface area contributed by atoms with Gasteiger partial charge in [0.1, 0.15) is 0 Å². The van der Waals surface area contributed by atoms with Crippen molar-refractivity contribution in [3.8, 4) is 0 Å². The van der Waals surface area contributed by atoms with Crippen LogP contribution in [0.25, 0.3) is 0 Å². The number of halogens is 1. The molecule has 2 bridgehead atoms. The van der Waals surface area contributed by atoms with Gasteiger partial charge in [-0.2, -0.15) is 5.10 Å². The lowest BCUT2D eigenvalue weighted by molar-refractivity contribution is 0.0908. The number of carbonyl (C=O) groups excluding carboxylic acids is 1. The first-order valence-corrected chi connectivity index (χ1v) is 8.41. The van der Waals surface area contributed by atoms with E-state index in [2.05, 4.69) is 33.3 Å². The molecular formula is C15H22BrN3O. The highest BCUT2D eigenvalue weighted by Crippen LogP contribution is 2.49. The van der Waals surface area contributed by atoms with E-state index in [1.165, 1.54) is 25.7 Å². The van der Waals surface area contributed by atoms with Gasteiger partial charge in [-0.1, -0.05) is 6.42 Å². The second kappa shape index (κ2) is 5.51. The van der Waals surface area contributed by atoms with Crippen molar-refractivity contribution in [3.05, 3.63) is 16.4 Å². The van der Waals surface area contributed by atoms with Crippen molar-refractivity contribution in [2.45, 2.75) is 52.1 Å². The molecule has 5 heteroatoms. The third-order valence-corrected chi connectivity index (χ3v) is 5.63. The van der Waals surface area contributed by atoms with E-state index in [1.807, 2.05) is 13.1 Å². The molecule has 1 N–H and O–H groups in total. The minimum atomic E-state index is -0.0562. The van der Waals surface area contributed by atoms with Gasteiger partial charge in [-0.15, -0.1) is 0 Å². The molecule has 0 spiro atoms. The maximum absolute atomic E-state index is 12.4. The molecule has 2 aliphatic carbocycles. The zero-order valence-electron chi connectivity index (χ0n) is 12.1. The van der Waals surface area contributed by atoms with E-state index in [1.54, 1.807) is 4.68 Å². The Morgan fingerprint density at radius 1 is 1.55 bits per heavy atom. The summed E-state index contributed by atoms with van der Waals surface area (Å²) in [5.74, 6) is 2.34. The Kier molecular flexibility index (Phi) is 3.89. The summed E-state index contributed by atoms with van der Waals surface area (Å²) in [6.45, 7) is 4.93. The number of hydrogen-bond acceptors (Lipinski definition) is 2. The van der Waals surface area contributed by atoms with Crippen LogP contribution in [0, 0.1) is 17.8 Å². The van der Waals surface area contributed by atoms with Gasteiger partial charge in [-0.05, 0) is 66.8 Å². The maximum atomic E-state index is 12.4. The zero-order valence-corrected chi connectivity index (χ0v) is 13.7. The van der Waals surface area contributed by atoms with Crippen molar-refractivity contribution in [3.63, 3.8) is 0 Å². The molecule has 0 saturated heterocycles. The molecule has 0 radical (unpaired) electrons. The molecular weight excluding hydrogens is 318 g/mol. The molecule has 2 aliphatic rings. The van der Waals surface area contributed by atoms with Crippen LogP contribution in [0.5, 0.6) is 0 Å². The Morgan fingerprint density at radius 3 is 2.90 bits per heavy atom. The number of aromatic nitrogens is 2. The number of fused-ring (bicyclic) bond motifs is 2. The monoisotopic (exact) mass is 339 g/mol. The predicted octanol–water partition coefficient (Wildman–Crippen LogP) is 3.22. The highest BCUT2D eigenvalue weighted by Gasteiger charge is 2.42. The summed E-state index contributed by atoms with van der Waals surface area (Å²) in [7, 11) is 0. The smallest absolute Gasteiger partial charge is 0.273 e. The number of carbonyl (C=O) groups is 1. The van der Waals surface area contributed by atoms with Crippen molar-refractivity contribution in [1.29, 1.82) is 0 Å². The number of amides is 1. The van der Waals surface area contributed by atoms with Crippen LogP contribution in [0.15, 0.2) is 10.7 Å². The summed E-state index contributed by atoms with van der Waals surface area (Å²) in [6.07, 6.45) is 7.27. The Labute approximate surface area is 128 Å². The van der Waals surface area contributed by atoms with Crippen LogP contribution in [-0.2, 0) is 6.54 Å². The van der Waals surface area contributed by atoms with Crippen molar-refractivity contribution in [1.82, 2.24) is 15.1 Å². The van der Waals surface area contributed by atoms with E-state index in [9.17, 15) is 4.79 Å². The first-order chi connectivity index (χ1) is 9.58. The van der Waals surface area contributed by atoms with E-state index in [-0.39, 0.29) is 11.9 Å². The Balaban J connectivity index is 1.64. The van der Waals surface area contributed by atoms with Crippen molar-refractivity contribution in [2.24, 2.45) is 17.8 Å². The van der Waals surface area contributed by atoms with Gasteiger partial charge in [0, 0.05) is 18.8 Å². The molecule has 0 aromatic carbocycles. The van der Waals surface area contributed by atoms with Crippen LogP contribution in [0.4, 0.5) is 0 Å². The average Bonchev–Trinajstić information content (AvgIpc) is 3.12. The largest absolute Gasteiger partial charge is 0.348 e. The van der Waals surface area contributed by atoms with Crippen molar-refractivity contribution in [2.75, 3.05) is 0 Å². The van der Waals surface area contributed by atoms with E-state index in [4.69, 9.17) is 0 Å². The van der Waals surface area contributed by atoms with E-state index < -0.39 is 0 Å². The minimum absolute atomic E-state index is 0.0562. The summed E-state index contributed by atoms with van der Waals surface area (Å²) in [5.41, 5.74) is 0.502. The Morgan fingerprint density at radius 2 is 2.35 bits per heavy atom. The second-order valence-corrected chi connectivity index (χ2v) is 7.14. The highest BCUT2D eigenvalue weighted by molar-refractivity contribution is 9.10. The van der Waals surface area contributed by atoms with Crippen molar-refractivity contribution >= 4 is 21.8 Å². The lowest BCUT2D eigenvalue weighted by atomic mass is 9.84. The van der Waals surface area contributed by atoms with Crippen LogP contribution >= 0.6 is 15.9 Å². The van der Waals surface area contributed by atoms with E-state index in [0.29, 0.717) is 11.6 Å². The number of hydrogen-bond donors (Lipinski definition) is 1. The fourth-order valence-corrected chi connectivity index (χ4v) is 4.50. The van der Waals surface area contributed by atoms with E-state index in [0.717, 1.165) is 22.9 Å². The topological polar surface area (TPSA) is 46.9 Å². The van der Waals surface area contributed by atoms with Crippen LogP contribution in [0.2, 0.25) is 0 Å². The van der Waals surface area contributed by atoms with Crippen LogP contribution in [-0.4, -0.2) is 21.7 Å². The van der Waals surface area contributed by atoms with Gasteiger partial charge in [0.15, 0.2) is 5.69 Å². The zero-order chi connectivity index (χ0) is 14.3. The summed E-state index contributed by atoms with van der Waals surface area (Å²) >= 11 is 3.42. The molecule has 0 unspecified atom stereocenters. The Bertz CT molecular complexity index is 513. The molecule has 1 heterocycles. The lowest BCUT2D eigenvalue weighted by Gasteiger charge is -2.28. The average molecular weight is 340 g/mol. The van der Waals surface area contributed by atoms with Crippen LogP contribution in [0.1, 0.15) is 50.0 Å². The molecule has 20 heavy (non-hydrogen) atoms. The molecule has 1 aromatic heterocycles. The molecule has 4 atom stereocenters. The second-order valence-electron chi connectivity index (χ2n) is 6.28. The fourth-order valence-electron chi connectivity index (χ4n) is 4.00. The molecule has 110 valence electrons. The van der Waals surface area contributed by atoms with Gasteiger partial charge >= 0.3 is 0 Å². The number of nitrogens with one attached hydrogen (secondary N) is 1. The summed E-state index contributed by atoms with van der Waals surface area (Å²) in [4.78, 5) is 12.4. The van der Waals surface area contributed by atoms with Gasteiger partial charge in [0.05, 0.1) is 4.47 Å². The summed E-state index contributed by atoms with van der Waals surface area (Å²) in [5, 5.41) is 7.47. The summed E-state index contributed by atoms with van der Waals surface area (Å²) < 4.78 is 2.55. The third kappa shape index (κ3) is 2.52. The first-order valence-electron chi connectivity index (χ1n) is 7.62. The van der Waals surface area contributed by atoms with Crippen molar-refractivity contribution < 1.29 is 4.79 Å². The number of nitrogens with zero attached hydrogens (tertiary/aromatic N) is 2. The number of rotatable bonds is 4. The summed E-state index contributed by atoms with van der Waals surface area (Å²) in [6, 6.07) is 0.247. The quantitative estimate of drug-likeness (QED) is 0.915. The molecule has 4 nitrogen and oxygen atoms in total. The first kappa shape index (κ1) is 14.1. The molecule has 1 aromatic rings. The van der Waals surface area contributed by atoms with Crippen LogP contribution in [0.3, 0.4) is 0 Å². The molecule has 3 rings (SSSR count). The molecule has 2 saturated carbocycles. The minimum Gasteiger partial charge on any atom is -0.348 e. The SMILES string of the molecule is CCn1cc(Br)c(C(=O)N[C@@H](C)[C@H]2C[C@H]3CC[C@H]2C3)n1. The van der Waals surface area contributed by atoms with Gasteiger partial charge in [-0.25, -0.2) is 0 Å². The predicted molar refractivity (Wildman–Crippen MR) is 81.5 cm³/mol. The number of aryl methyl sites for hydroxylation is 1. The Hall–Kier alpha value is -0.840. The van der Waals surface area contributed by atoms with Gasteiger partial charge < -0.3 is 5.32 Å². The fraction of sp³-hybridized carbons (Fsp3) is 0.733. The third-order valence-electron chi connectivity index (χ3n) is 5.05. The van der Waals surface area contributed by atoms with Gasteiger partial charge in [0.2, 0.25) is 0 Å². The molecule has 2 fully saturated rings. The standard InChI is InChI=1S/C15H22BrN3O/c1-3-19-8-13(16)14(18-19)15(20)17-9(2)12-7-10-4-5-11(12)6-10/h8-12H,3-7H2,1-2H3,(H,17,20)/t9-,10-,11-,12+/m0/s1. The van der Waals surface area contributed by atoms with Gasteiger partial charge in [0.25, 0.3) is 5.91 Å². The lowest BCUT2D eigenvalue weighted by Crippen LogP contribution is -2.40. The highest BCUT2D eigenvalue weighted by atomic mass is 79.9. The van der Waals surface area contributed by atoms with E-state index >= 15 is 0 Å². The molecule has 0 aliphatic heterocycles. The van der Waals surface area contributed by atoms with Crippen LogP contribution < -0.4 is 5.32 Å². The maximum Gasteiger partial charge on any atom is 0.273 e.